The fourth-order valence-corrected chi connectivity index (χ4v) is 3.51. The highest BCUT2D eigenvalue weighted by Crippen LogP contribution is 2.45. The van der Waals surface area contributed by atoms with Gasteiger partial charge in [0, 0.05) is 20.6 Å². The van der Waals surface area contributed by atoms with Crippen molar-refractivity contribution < 1.29 is 4.79 Å². The monoisotopic (exact) mass is 486 g/mol. The van der Waals surface area contributed by atoms with E-state index >= 15 is 0 Å². The van der Waals surface area contributed by atoms with Gasteiger partial charge in [-0.15, -0.1) is 24.0 Å². The van der Waals surface area contributed by atoms with Crippen molar-refractivity contribution in [3.63, 3.8) is 0 Å². The van der Waals surface area contributed by atoms with Gasteiger partial charge in [0.15, 0.2) is 5.96 Å². The molecule has 0 bridgehead atoms. The molecule has 1 amide bonds. The lowest BCUT2D eigenvalue weighted by atomic mass is 9.64. The molecule has 2 rings (SSSR count). The predicted molar refractivity (Wildman–Crippen MR) is 123 cm³/mol. The zero-order valence-corrected chi connectivity index (χ0v) is 19.5. The lowest BCUT2D eigenvalue weighted by Crippen LogP contribution is -2.48. The van der Waals surface area contributed by atoms with E-state index in [1.807, 2.05) is 18.2 Å². The highest BCUT2D eigenvalue weighted by molar-refractivity contribution is 14.0. The summed E-state index contributed by atoms with van der Waals surface area (Å²) in [5.74, 6) is 1.46. The molecule has 1 aromatic rings. The average molecular weight is 486 g/mol. The van der Waals surface area contributed by atoms with E-state index in [0.717, 1.165) is 18.1 Å². The van der Waals surface area contributed by atoms with Crippen LogP contribution in [0.5, 0.6) is 0 Å². The summed E-state index contributed by atoms with van der Waals surface area (Å²) in [5, 5.41) is 6.69. The normalized spacial score (nSPS) is 15.5. The zero-order chi connectivity index (χ0) is 19.0. The standard InChI is InChI=1S/C21H34N4O.HI/c1-17(2)13-21(11-8-12-21)16-24-20(23-15-19(26)25(3)4)22-14-18-9-6-5-7-10-18;/h5-7,9-10,17H,8,11-16H2,1-4H3,(H2,22,23,24);1H. The molecule has 1 fully saturated rings. The molecule has 27 heavy (non-hydrogen) atoms. The largest absolute Gasteiger partial charge is 0.356 e. The van der Waals surface area contributed by atoms with Crippen molar-refractivity contribution in [1.82, 2.24) is 15.5 Å². The number of hydrogen-bond donors (Lipinski definition) is 2. The smallest absolute Gasteiger partial charge is 0.241 e. The Labute approximate surface area is 181 Å². The molecule has 0 heterocycles. The molecule has 2 N–H and O–H groups in total. The van der Waals surface area contributed by atoms with Crippen LogP contribution in [-0.4, -0.2) is 44.0 Å². The third-order valence-corrected chi connectivity index (χ3v) is 5.05. The molecule has 0 spiro atoms. The van der Waals surface area contributed by atoms with Gasteiger partial charge in [-0.3, -0.25) is 4.79 Å². The first-order valence-electron chi connectivity index (χ1n) is 9.66. The molecule has 1 aliphatic carbocycles. The van der Waals surface area contributed by atoms with Crippen LogP contribution in [0.2, 0.25) is 0 Å². The first-order valence-corrected chi connectivity index (χ1v) is 9.66. The van der Waals surface area contributed by atoms with Crippen LogP contribution in [-0.2, 0) is 11.3 Å². The summed E-state index contributed by atoms with van der Waals surface area (Å²) >= 11 is 0. The van der Waals surface area contributed by atoms with Gasteiger partial charge >= 0.3 is 0 Å². The summed E-state index contributed by atoms with van der Waals surface area (Å²) in [5.41, 5.74) is 1.54. The molecule has 0 atom stereocenters. The van der Waals surface area contributed by atoms with E-state index in [1.54, 1.807) is 19.0 Å². The Kier molecular flexibility index (Phi) is 10.1. The Morgan fingerprint density at radius 2 is 1.85 bits per heavy atom. The summed E-state index contributed by atoms with van der Waals surface area (Å²) in [6.07, 6.45) is 5.11. The molecule has 0 radical (unpaired) electrons. The van der Waals surface area contributed by atoms with Gasteiger partial charge in [0.2, 0.25) is 5.91 Å². The Hall–Kier alpha value is -1.31. The fraction of sp³-hybridized carbons (Fsp3) is 0.619. The maximum atomic E-state index is 11.9. The van der Waals surface area contributed by atoms with E-state index in [4.69, 9.17) is 0 Å². The fourth-order valence-electron chi connectivity index (χ4n) is 3.51. The van der Waals surface area contributed by atoms with Crippen LogP contribution in [0.1, 0.15) is 45.1 Å². The number of nitrogens with zero attached hydrogens (tertiary/aromatic N) is 2. The number of guanidine groups is 1. The van der Waals surface area contributed by atoms with E-state index in [-0.39, 0.29) is 36.4 Å². The Morgan fingerprint density at radius 3 is 2.37 bits per heavy atom. The lowest BCUT2D eigenvalue weighted by Gasteiger charge is -2.43. The van der Waals surface area contributed by atoms with Gasteiger partial charge in [0.05, 0.1) is 13.1 Å². The van der Waals surface area contributed by atoms with Gasteiger partial charge < -0.3 is 15.5 Å². The van der Waals surface area contributed by atoms with E-state index in [0.29, 0.717) is 17.9 Å². The minimum atomic E-state index is 0. The van der Waals surface area contributed by atoms with Crippen LogP contribution in [0.4, 0.5) is 0 Å². The zero-order valence-electron chi connectivity index (χ0n) is 17.1. The number of benzene rings is 1. The topological polar surface area (TPSA) is 56.7 Å². The maximum absolute atomic E-state index is 11.9. The van der Waals surface area contributed by atoms with Crippen molar-refractivity contribution >= 4 is 35.8 Å². The second kappa shape index (κ2) is 11.5. The van der Waals surface area contributed by atoms with Gasteiger partial charge in [-0.05, 0) is 36.2 Å². The van der Waals surface area contributed by atoms with Crippen LogP contribution in [0.15, 0.2) is 35.3 Å². The molecule has 6 heteroatoms. The molecular formula is C21H35IN4O. The van der Waals surface area contributed by atoms with E-state index < -0.39 is 0 Å². The molecular weight excluding hydrogens is 451 g/mol. The highest BCUT2D eigenvalue weighted by atomic mass is 127. The van der Waals surface area contributed by atoms with Crippen molar-refractivity contribution in [2.45, 2.75) is 46.1 Å². The number of amides is 1. The Bertz CT molecular complexity index is 597. The van der Waals surface area contributed by atoms with Crippen LogP contribution in [0, 0.1) is 11.3 Å². The third-order valence-electron chi connectivity index (χ3n) is 5.05. The minimum Gasteiger partial charge on any atom is -0.356 e. The Balaban J connectivity index is 0.00000364. The number of carbonyl (C=O) groups excluding carboxylic acids is 1. The number of likely N-dealkylation sites (N-methyl/N-ethyl adjacent to an activating group) is 1. The van der Waals surface area contributed by atoms with Crippen molar-refractivity contribution in [2.75, 3.05) is 27.2 Å². The third kappa shape index (κ3) is 8.07. The van der Waals surface area contributed by atoms with E-state index in [2.05, 4.69) is 41.6 Å². The summed E-state index contributed by atoms with van der Waals surface area (Å²) in [6, 6.07) is 10.2. The summed E-state index contributed by atoms with van der Waals surface area (Å²) < 4.78 is 0. The van der Waals surface area contributed by atoms with Crippen LogP contribution < -0.4 is 10.6 Å². The first kappa shape index (κ1) is 23.7. The quantitative estimate of drug-likeness (QED) is 0.335. The molecule has 5 nitrogen and oxygen atoms in total. The van der Waals surface area contributed by atoms with Gasteiger partial charge in [-0.25, -0.2) is 4.99 Å². The summed E-state index contributed by atoms with van der Waals surface area (Å²) in [6.45, 7) is 6.35. The van der Waals surface area contributed by atoms with Crippen molar-refractivity contribution in [2.24, 2.45) is 16.3 Å². The number of aliphatic imine (C=N–C) groups is 1. The molecule has 1 aromatic carbocycles. The highest BCUT2D eigenvalue weighted by Gasteiger charge is 2.37. The lowest BCUT2D eigenvalue weighted by molar-refractivity contribution is -0.127. The summed E-state index contributed by atoms with van der Waals surface area (Å²) in [4.78, 5) is 18.2. The molecule has 0 aromatic heterocycles. The second-order valence-corrected chi connectivity index (χ2v) is 8.10. The number of nitrogens with one attached hydrogen (secondary N) is 2. The van der Waals surface area contributed by atoms with Gasteiger partial charge in [0.1, 0.15) is 0 Å². The molecule has 0 saturated heterocycles. The van der Waals surface area contributed by atoms with Crippen molar-refractivity contribution in [1.29, 1.82) is 0 Å². The van der Waals surface area contributed by atoms with Crippen LogP contribution in [0.3, 0.4) is 0 Å². The van der Waals surface area contributed by atoms with E-state index in [1.165, 1.54) is 25.7 Å². The SMILES string of the molecule is CC(C)CC1(CNC(=NCc2ccccc2)NCC(=O)N(C)C)CCC1.I. The minimum absolute atomic E-state index is 0. The predicted octanol–water partition coefficient (Wildman–Crippen LogP) is 3.64. The van der Waals surface area contributed by atoms with E-state index in [9.17, 15) is 4.79 Å². The maximum Gasteiger partial charge on any atom is 0.241 e. The number of rotatable bonds is 8. The number of halogens is 1. The molecule has 0 unspecified atom stereocenters. The molecule has 1 aliphatic rings. The van der Waals surface area contributed by atoms with Crippen LogP contribution >= 0.6 is 24.0 Å². The van der Waals surface area contributed by atoms with Gasteiger partial charge in [-0.1, -0.05) is 50.6 Å². The Morgan fingerprint density at radius 1 is 1.19 bits per heavy atom. The number of carbonyl (C=O) groups is 1. The first-order chi connectivity index (χ1) is 12.4. The van der Waals surface area contributed by atoms with Crippen LogP contribution in [0.25, 0.3) is 0 Å². The second-order valence-electron chi connectivity index (χ2n) is 8.10. The van der Waals surface area contributed by atoms with Crippen molar-refractivity contribution in [3.05, 3.63) is 35.9 Å². The molecule has 0 aliphatic heterocycles. The average Bonchev–Trinajstić information content (AvgIpc) is 2.58. The molecule has 1 saturated carbocycles. The molecule has 152 valence electrons. The summed E-state index contributed by atoms with van der Waals surface area (Å²) in [7, 11) is 3.54. The number of hydrogen-bond acceptors (Lipinski definition) is 2. The van der Waals surface area contributed by atoms with Gasteiger partial charge in [0.25, 0.3) is 0 Å². The van der Waals surface area contributed by atoms with Gasteiger partial charge in [-0.2, -0.15) is 0 Å². The van der Waals surface area contributed by atoms with Crippen molar-refractivity contribution in [3.8, 4) is 0 Å².